The van der Waals surface area contributed by atoms with Gasteiger partial charge in [0.25, 0.3) is 11.5 Å². The van der Waals surface area contributed by atoms with E-state index in [9.17, 15) is 9.59 Å². The molecule has 1 saturated carbocycles. The fourth-order valence-electron chi connectivity index (χ4n) is 4.72. The number of hydrogen-bond donors (Lipinski definition) is 2. The number of methoxy groups -OCH3 is 1. The highest BCUT2D eigenvalue weighted by Gasteiger charge is 2.38. The normalized spacial score (nSPS) is 14.9. The molecule has 4 rings (SSSR count). The first-order chi connectivity index (χ1) is 15.5. The summed E-state index contributed by atoms with van der Waals surface area (Å²) in [4.78, 5) is 28.8. The van der Waals surface area contributed by atoms with Gasteiger partial charge in [0.1, 0.15) is 5.75 Å². The van der Waals surface area contributed by atoms with E-state index < -0.39 is 0 Å². The molecular formula is C25H27N3O3S. The van der Waals surface area contributed by atoms with Crippen LogP contribution in [-0.4, -0.2) is 29.1 Å². The zero-order valence-corrected chi connectivity index (χ0v) is 19.0. The quantitative estimate of drug-likeness (QED) is 0.411. The molecule has 32 heavy (non-hydrogen) atoms. The van der Waals surface area contributed by atoms with Crippen molar-refractivity contribution in [1.29, 1.82) is 0 Å². The van der Waals surface area contributed by atoms with Crippen molar-refractivity contribution in [2.45, 2.75) is 37.6 Å². The number of amides is 1. The monoisotopic (exact) mass is 449 g/mol. The third kappa shape index (κ3) is 4.00. The van der Waals surface area contributed by atoms with Crippen LogP contribution in [0.4, 0.5) is 0 Å². The first-order valence-electron chi connectivity index (χ1n) is 10.8. The first-order valence-corrected chi connectivity index (χ1v) is 11.2. The smallest absolute Gasteiger partial charge is 0.262 e. The molecule has 6 nitrogen and oxygen atoms in total. The summed E-state index contributed by atoms with van der Waals surface area (Å²) in [7, 11) is 1.68. The molecule has 0 unspecified atom stereocenters. The van der Waals surface area contributed by atoms with Gasteiger partial charge in [0.15, 0.2) is 4.77 Å². The Bertz CT molecular complexity index is 1290. The summed E-state index contributed by atoms with van der Waals surface area (Å²) in [6.45, 7) is 4.53. The van der Waals surface area contributed by atoms with E-state index in [2.05, 4.69) is 22.9 Å². The van der Waals surface area contributed by atoms with Crippen LogP contribution in [0.25, 0.3) is 10.9 Å². The average molecular weight is 450 g/mol. The van der Waals surface area contributed by atoms with E-state index in [1.807, 2.05) is 18.2 Å². The summed E-state index contributed by atoms with van der Waals surface area (Å²) in [6.07, 6.45) is 5.87. The number of nitrogens with one attached hydrogen (secondary N) is 2. The number of hydrogen-bond acceptors (Lipinski definition) is 4. The Morgan fingerprint density at radius 3 is 2.75 bits per heavy atom. The lowest BCUT2D eigenvalue weighted by molar-refractivity contribution is 0.0943. The van der Waals surface area contributed by atoms with Crippen molar-refractivity contribution in [2.75, 3.05) is 13.7 Å². The predicted molar refractivity (Wildman–Crippen MR) is 129 cm³/mol. The van der Waals surface area contributed by atoms with Gasteiger partial charge in [-0.25, -0.2) is 0 Å². The molecule has 1 aliphatic carbocycles. The second kappa shape index (κ2) is 9.12. The number of para-hydroxylation sites is 1. The fourth-order valence-corrected chi connectivity index (χ4v) is 4.99. The van der Waals surface area contributed by atoms with E-state index in [0.29, 0.717) is 34.3 Å². The number of allylic oxidation sites excluding steroid dienone is 1. The molecule has 1 aromatic heterocycles. The van der Waals surface area contributed by atoms with Crippen molar-refractivity contribution >= 4 is 29.0 Å². The molecule has 166 valence electrons. The number of fused-ring (bicyclic) bond motifs is 1. The number of aromatic amines is 1. The first kappa shape index (κ1) is 22.0. The standard InChI is InChI=1S/C25H27N3O3S/c1-3-14-28-23(30)18-11-10-17(15-20(18)27-24(28)32)22(29)26-16-25(12-6-7-13-25)19-8-4-5-9-21(19)31-2/h3-5,8-11,15H,1,6-7,12-14,16H2,2H3,(H,26,29)(H,27,32). The molecular weight excluding hydrogens is 422 g/mol. The molecule has 0 radical (unpaired) electrons. The summed E-state index contributed by atoms with van der Waals surface area (Å²) < 4.78 is 7.36. The molecule has 0 saturated heterocycles. The van der Waals surface area contributed by atoms with Crippen LogP contribution in [0.15, 0.2) is 59.9 Å². The number of aromatic nitrogens is 2. The summed E-state index contributed by atoms with van der Waals surface area (Å²) in [5.74, 6) is 0.681. The number of benzene rings is 2. The number of nitrogens with zero attached hydrogens (tertiary/aromatic N) is 1. The molecule has 1 heterocycles. The minimum Gasteiger partial charge on any atom is -0.496 e. The Hall–Kier alpha value is -3.19. The molecule has 1 amide bonds. The van der Waals surface area contributed by atoms with Crippen LogP contribution >= 0.6 is 12.2 Å². The molecule has 1 fully saturated rings. The van der Waals surface area contributed by atoms with Crippen LogP contribution < -0.4 is 15.6 Å². The molecule has 0 bridgehead atoms. The maximum Gasteiger partial charge on any atom is 0.262 e. The zero-order valence-electron chi connectivity index (χ0n) is 18.1. The summed E-state index contributed by atoms with van der Waals surface area (Å²) in [5, 5.41) is 3.61. The van der Waals surface area contributed by atoms with Crippen molar-refractivity contribution in [3.8, 4) is 5.75 Å². The van der Waals surface area contributed by atoms with Crippen molar-refractivity contribution in [3.05, 3.63) is 81.4 Å². The highest BCUT2D eigenvalue weighted by Crippen LogP contribution is 2.44. The highest BCUT2D eigenvalue weighted by molar-refractivity contribution is 7.71. The molecule has 3 aromatic rings. The van der Waals surface area contributed by atoms with E-state index >= 15 is 0 Å². The van der Waals surface area contributed by atoms with Gasteiger partial charge >= 0.3 is 0 Å². The molecule has 2 aromatic carbocycles. The molecule has 0 spiro atoms. The van der Waals surface area contributed by atoms with Gasteiger partial charge in [0.05, 0.1) is 18.0 Å². The maximum atomic E-state index is 13.0. The van der Waals surface area contributed by atoms with E-state index in [1.54, 1.807) is 31.4 Å². The Kier molecular flexibility index (Phi) is 6.28. The van der Waals surface area contributed by atoms with Crippen LogP contribution in [0.2, 0.25) is 0 Å². The Labute approximate surface area is 191 Å². The van der Waals surface area contributed by atoms with Crippen LogP contribution in [0.1, 0.15) is 41.6 Å². The summed E-state index contributed by atoms with van der Waals surface area (Å²) in [6, 6.07) is 13.1. The van der Waals surface area contributed by atoms with Gasteiger partial charge in [0.2, 0.25) is 0 Å². The Morgan fingerprint density at radius 2 is 2.03 bits per heavy atom. The van der Waals surface area contributed by atoms with Crippen molar-refractivity contribution in [3.63, 3.8) is 0 Å². The average Bonchev–Trinajstić information content (AvgIpc) is 3.30. The number of rotatable bonds is 7. The largest absolute Gasteiger partial charge is 0.496 e. The number of ether oxygens (including phenoxy) is 1. The lowest BCUT2D eigenvalue weighted by Gasteiger charge is -2.31. The minimum atomic E-state index is -0.198. The van der Waals surface area contributed by atoms with Gasteiger partial charge in [-0.2, -0.15) is 0 Å². The Balaban J connectivity index is 1.61. The van der Waals surface area contributed by atoms with Gasteiger partial charge in [-0.1, -0.05) is 37.1 Å². The molecule has 1 aliphatic rings. The SMILES string of the molecule is C=CCn1c(=S)[nH]c2cc(C(=O)NCC3(c4ccccc4OC)CCCC3)ccc2c1=O. The Morgan fingerprint density at radius 1 is 1.28 bits per heavy atom. The van der Waals surface area contributed by atoms with Gasteiger partial charge < -0.3 is 15.0 Å². The molecule has 0 aliphatic heterocycles. The van der Waals surface area contributed by atoms with Gasteiger partial charge in [-0.15, -0.1) is 6.58 Å². The van der Waals surface area contributed by atoms with Crippen LogP contribution in [0, 0.1) is 4.77 Å². The maximum absolute atomic E-state index is 13.0. The van der Waals surface area contributed by atoms with E-state index in [1.165, 1.54) is 4.57 Å². The van der Waals surface area contributed by atoms with Crippen molar-refractivity contribution < 1.29 is 9.53 Å². The lowest BCUT2D eigenvalue weighted by Crippen LogP contribution is -2.39. The molecule has 0 atom stereocenters. The topological polar surface area (TPSA) is 76.1 Å². The number of H-pyrrole nitrogens is 1. The predicted octanol–water partition coefficient (Wildman–Crippen LogP) is 4.50. The van der Waals surface area contributed by atoms with Crippen LogP contribution in [0.3, 0.4) is 0 Å². The molecule has 7 heteroatoms. The summed E-state index contributed by atoms with van der Waals surface area (Å²) >= 11 is 5.30. The summed E-state index contributed by atoms with van der Waals surface area (Å²) in [5.41, 5.74) is 1.84. The van der Waals surface area contributed by atoms with E-state index in [-0.39, 0.29) is 16.9 Å². The van der Waals surface area contributed by atoms with E-state index in [0.717, 1.165) is 37.0 Å². The third-order valence-corrected chi connectivity index (χ3v) is 6.70. The van der Waals surface area contributed by atoms with E-state index in [4.69, 9.17) is 17.0 Å². The number of carbonyl (C=O) groups is 1. The number of carbonyl (C=O) groups excluding carboxylic acids is 1. The van der Waals surface area contributed by atoms with Crippen LogP contribution in [0.5, 0.6) is 5.75 Å². The van der Waals surface area contributed by atoms with Crippen molar-refractivity contribution in [1.82, 2.24) is 14.9 Å². The zero-order chi connectivity index (χ0) is 22.7. The fraction of sp³-hybridized carbons (Fsp3) is 0.320. The highest BCUT2D eigenvalue weighted by atomic mass is 32.1. The second-order valence-corrected chi connectivity index (χ2v) is 8.65. The third-order valence-electron chi connectivity index (χ3n) is 6.38. The van der Waals surface area contributed by atoms with Gasteiger partial charge in [-0.05, 0) is 49.3 Å². The minimum absolute atomic E-state index is 0.141. The lowest BCUT2D eigenvalue weighted by atomic mass is 9.78. The van der Waals surface area contributed by atoms with Crippen molar-refractivity contribution in [2.24, 2.45) is 0 Å². The second-order valence-electron chi connectivity index (χ2n) is 8.27. The van der Waals surface area contributed by atoms with Crippen LogP contribution in [-0.2, 0) is 12.0 Å². The molecule has 2 N–H and O–H groups in total. The van der Waals surface area contributed by atoms with Gasteiger partial charge in [-0.3, -0.25) is 14.2 Å². The van der Waals surface area contributed by atoms with Gasteiger partial charge in [0, 0.05) is 29.6 Å².